The number of carbonyl (C=O) groups excluding carboxylic acids is 1. The van der Waals surface area contributed by atoms with Crippen molar-refractivity contribution in [2.24, 2.45) is 5.73 Å². The van der Waals surface area contributed by atoms with Gasteiger partial charge >= 0.3 is 6.09 Å². The zero-order chi connectivity index (χ0) is 24.2. The normalized spacial score (nSPS) is 13.8. The summed E-state index contributed by atoms with van der Waals surface area (Å²) in [5.41, 5.74) is 8.63. The first-order chi connectivity index (χ1) is 17.1. The maximum absolute atomic E-state index is 10.9. The quantitative estimate of drug-likeness (QED) is 0.396. The third kappa shape index (κ3) is 5.18. The summed E-state index contributed by atoms with van der Waals surface area (Å²) >= 11 is 0. The van der Waals surface area contributed by atoms with E-state index in [0.717, 1.165) is 35.0 Å². The molecule has 0 unspecified atom stereocenters. The molecule has 3 N–H and O–H groups in total. The van der Waals surface area contributed by atoms with E-state index < -0.39 is 6.09 Å². The number of nitrogens with two attached hydrogens (primary N) is 1. The van der Waals surface area contributed by atoms with E-state index in [2.05, 4.69) is 16.4 Å². The highest BCUT2D eigenvalue weighted by molar-refractivity contribution is 5.84. The number of nitrogens with one attached hydrogen (secondary N) is 1. The number of anilines is 2. The molecule has 1 saturated heterocycles. The second-order valence-corrected chi connectivity index (χ2v) is 8.05. The lowest BCUT2D eigenvalue weighted by Gasteiger charge is -2.23. The van der Waals surface area contributed by atoms with Crippen LogP contribution in [0.3, 0.4) is 0 Å². The number of amides is 1. The fourth-order valence-electron chi connectivity index (χ4n) is 3.95. The predicted molar refractivity (Wildman–Crippen MR) is 129 cm³/mol. The summed E-state index contributed by atoms with van der Waals surface area (Å²) in [5.74, 6) is 1.24. The van der Waals surface area contributed by atoms with E-state index in [1.165, 1.54) is 0 Å². The third-order valence-electron chi connectivity index (χ3n) is 5.62. The van der Waals surface area contributed by atoms with Crippen LogP contribution in [-0.2, 0) is 4.74 Å². The van der Waals surface area contributed by atoms with Gasteiger partial charge in [0.1, 0.15) is 29.3 Å². The SMILES string of the molecule is N#Cc1cc(-c2ccnc(Nc3ccc4oc(OC(N)=O)cc4c3)c2)ccc1OC1CCOCC1. The van der Waals surface area contributed by atoms with Crippen molar-refractivity contribution in [3.05, 3.63) is 66.4 Å². The van der Waals surface area contributed by atoms with Gasteiger partial charge in [0.15, 0.2) is 0 Å². The summed E-state index contributed by atoms with van der Waals surface area (Å²) in [6.07, 6.45) is 2.45. The number of pyridine rings is 1. The number of hydrogen-bond acceptors (Lipinski definition) is 8. The van der Waals surface area contributed by atoms with Gasteiger partial charge in [-0.25, -0.2) is 9.78 Å². The Hall–Kier alpha value is -4.55. The zero-order valence-electron chi connectivity index (χ0n) is 18.7. The molecule has 0 bridgehead atoms. The van der Waals surface area contributed by atoms with Gasteiger partial charge in [0, 0.05) is 36.2 Å². The van der Waals surface area contributed by atoms with Crippen LogP contribution in [-0.4, -0.2) is 30.4 Å². The Morgan fingerprint density at radius 3 is 2.71 bits per heavy atom. The molecule has 0 atom stereocenters. The van der Waals surface area contributed by atoms with Gasteiger partial charge in [-0.3, -0.25) is 0 Å². The van der Waals surface area contributed by atoms with Gasteiger partial charge in [0.25, 0.3) is 5.95 Å². The number of carbonyl (C=O) groups is 1. The molecule has 4 aromatic rings. The Bertz CT molecular complexity index is 1420. The maximum atomic E-state index is 10.9. The van der Waals surface area contributed by atoms with Gasteiger partial charge < -0.3 is 29.7 Å². The molecule has 5 rings (SSSR count). The molecule has 176 valence electrons. The summed E-state index contributed by atoms with van der Waals surface area (Å²) in [7, 11) is 0. The molecule has 2 aromatic carbocycles. The van der Waals surface area contributed by atoms with Crippen LogP contribution in [0.25, 0.3) is 22.1 Å². The van der Waals surface area contributed by atoms with Gasteiger partial charge in [0.05, 0.1) is 18.8 Å². The van der Waals surface area contributed by atoms with Gasteiger partial charge in [-0.2, -0.15) is 5.26 Å². The Balaban J connectivity index is 1.35. The van der Waals surface area contributed by atoms with Gasteiger partial charge in [-0.15, -0.1) is 0 Å². The van der Waals surface area contributed by atoms with Crippen LogP contribution in [0.5, 0.6) is 11.7 Å². The molecule has 1 fully saturated rings. The molecule has 1 aliphatic rings. The van der Waals surface area contributed by atoms with Crippen molar-refractivity contribution < 1.29 is 23.4 Å². The molecule has 35 heavy (non-hydrogen) atoms. The average Bonchev–Trinajstić information content (AvgIpc) is 3.26. The largest absolute Gasteiger partial charge is 0.489 e. The Morgan fingerprint density at radius 1 is 1.09 bits per heavy atom. The smallest absolute Gasteiger partial charge is 0.412 e. The van der Waals surface area contributed by atoms with Gasteiger partial charge in [0.2, 0.25) is 0 Å². The van der Waals surface area contributed by atoms with Crippen LogP contribution in [0.15, 0.2) is 65.2 Å². The van der Waals surface area contributed by atoms with Crippen molar-refractivity contribution in [3.8, 4) is 28.9 Å². The molecular formula is C26H22N4O5. The first-order valence-electron chi connectivity index (χ1n) is 11.1. The van der Waals surface area contributed by atoms with E-state index in [0.29, 0.717) is 35.9 Å². The Kier molecular flexibility index (Phi) is 6.20. The van der Waals surface area contributed by atoms with Crippen LogP contribution in [0.1, 0.15) is 18.4 Å². The molecule has 0 saturated carbocycles. The topological polar surface area (TPSA) is 133 Å². The highest BCUT2D eigenvalue weighted by Gasteiger charge is 2.17. The minimum Gasteiger partial charge on any atom is -0.489 e. The van der Waals surface area contributed by atoms with E-state index in [9.17, 15) is 10.1 Å². The van der Waals surface area contributed by atoms with Crippen molar-refractivity contribution >= 4 is 28.6 Å². The summed E-state index contributed by atoms with van der Waals surface area (Å²) in [6, 6.07) is 18.6. The number of ether oxygens (including phenoxy) is 3. The Labute approximate surface area is 201 Å². The minimum absolute atomic E-state index is 0.0299. The van der Waals surface area contributed by atoms with E-state index in [-0.39, 0.29) is 12.1 Å². The zero-order valence-corrected chi connectivity index (χ0v) is 18.7. The van der Waals surface area contributed by atoms with Crippen LogP contribution in [0, 0.1) is 11.3 Å². The van der Waals surface area contributed by atoms with Crippen molar-refractivity contribution in [1.82, 2.24) is 4.98 Å². The number of primary amides is 1. The van der Waals surface area contributed by atoms with E-state index >= 15 is 0 Å². The minimum atomic E-state index is -0.939. The molecular weight excluding hydrogens is 448 g/mol. The fourth-order valence-corrected chi connectivity index (χ4v) is 3.95. The molecule has 1 aliphatic heterocycles. The van der Waals surface area contributed by atoms with Crippen molar-refractivity contribution in [2.75, 3.05) is 18.5 Å². The molecule has 9 nitrogen and oxygen atoms in total. The molecule has 2 aromatic heterocycles. The number of nitrogens with zero attached hydrogens (tertiary/aromatic N) is 2. The average molecular weight is 470 g/mol. The molecule has 0 aliphatic carbocycles. The van der Waals surface area contributed by atoms with Crippen LogP contribution in [0.2, 0.25) is 0 Å². The maximum Gasteiger partial charge on any atom is 0.412 e. The predicted octanol–water partition coefficient (Wildman–Crippen LogP) is 5.13. The fraction of sp³-hybridized carbons (Fsp3) is 0.192. The lowest BCUT2D eigenvalue weighted by molar-refractivity contribution is 0.0254. The second kappa shape index (κ2) is 9.75. The summed E-state index contributed by atoms with van der Waals surface area (Å²) in [4.78, 5) is 15.3. The second-order valence-electron chi connectivity index (χ2n) is 8.05. The van der Waals surface area contributed by atoms with Crippen molar-refractivity contribution in [1.29, 1.82) is 5.26 Å². The van der Waals surface area contributed by atoms with E-state index in [1.807, 2.05) is 42.5 Å². The number of hydrogen-bond donors (Lipinski definition) is 2. The standard InChI is InChI=1S/C26H22N4O5/c27-15-19-11-16(1-3-23(19)33-21-6-9-32-10-7-21)17-5-8-29-24(13-17)30-20-2-4-22-18(12-20)14-25(34-22)35-26(28)31/h1-5,8,11-14,21H,6-7,9-10H2,(H2,28,31)(H,29,30). The molecule has 3 heterocycles. The molecule has 9 heteroatoms. The lowest BCUT2D eigenvalue weighted by Crippen LogP contribution is -2.26. The lowest BCUT2D eigenvalue weighted by atomic mass is 10.0. The van der Waals surface area contributed by atoms with Crippen LogP contribution >= 0.6 is 0 Å². The van der Waals surface area contributed by atoms with E-state index in [4.69, 9.17) is 24.4 Å². The first-order valence-corrected chi connectivity index (χ1v) is 11.1. The third-order valence-corrected chi connectivity index (χ3v) is 5.62. The summed E-state index contributed by atoms with van der Waals surface area (Å²) in [6.45, 7) is 1.35. The number of benzene rings is 2. The number of rotatable bonds is 6. The molecule has 1 amide bonds. The number of furan rings is 1. The first kappa shape index (κ1) is 22.3. The van der Waals surface area contributed by atoms with Crippen molar-refractivity contribution in [2.45, 2.75) is 18.9 Å². The highest BCUT2D eigenvalue weighted by atomic mass is 16.6. The van der Waals surface area contributed by atoms with Crippen LogP contribution in [0.4, 0.5) is 16.3 Å². The van der Waals surface area contributed by atoms with Crippen LogP contribution < -0.4 is 20.5 Å². The van der Waals surface area contributed by atoms with E-state index in [1.54, 1.807) is 18.3 Å². The van der Waals surface area contributed by atoms with Gasteiger partial charge in [-0.05, 0) is 53.6 Å². The number of nitriles is 1. The Morgan fingerprint density at radius 2 is 1.91 bits per heavy atom. The number of aromatic nitrogens is 1. The molecule has 0 spiro atoms. The molecule has 0 radical (unpaired) electrons. The number of fused-ring (bicyclic) bond motifs is 1. The van der Waals surface area contributed by atoms with Gasteiger partial charge in [-0.1, -0.05) is 6.07 Å². The highest BCUT2D eigenvalue weighted by Crippen LogP contribution is 2.31. The summed E-state index contributed by atoms with van der Waals surface area (Å²) in [5, 5.41) is 13.7. The van der Waals surface area contributed by atoms with Crippen molar-refractivity contribution in [3.63, 3.8) is 0 Å². The summed E-state index contributed by atoms with van der Waals surface area (Å²) < 4.78 is 21.7. The monoisotopic (exact) mass is 470 g/mol.